The van der Waals surface area contributed by atoms with Gasteiger partial charge in [0.2, 0.25) is 5.89 Å². The summed E-state index contributed by atoms with van der Waals surface area (Å²) in [5.41, 5.74) is 1.07. The number of thioether (sulfide) groups is 1. The molecule has 2 rings (SSSR count). The van der Waals surface area contributed by atoms with Gasteiger partial charge in [-0.25, -0.2) is 0 Å². The van der Waals surface area contributed by atoms with Crippen molar-refractivity contribution in [2.75, 3.05) is 0 Å². The SMILES string of the molecule is Cc1noc([C@@H](C)SCc2ccccn2)n1. The van der Waals surface area contributed by atoms with E-state index in [-0.39, 0.29) is 5.25 Å². The van der Waals surface area contributed by atoms with Gasteiger partial charge in [-0.2, -0.15) is 4.98 Å². The molecule has 0 spiro atoms. The molecule has 1 atom stereocenters. The lowest BCUT2D eigenvalue weighted by molar-refractivity contribution is 0.376. The molecule has 2 aromatic heterocycles. The van der Waals surface area contributed by atoms with Crippen molar-refractivity contribution >= 4 is 11.8 Å². The largest absolute Gasteiger partial charge is 0.338 e. The van der Waals surface area contributed by atoms with Crippen LogP contribution in [0, 0.1) is 6.92 Å². The maximum Gasteiger partial charge on any atom is 0.239 e. The van der Waals surface area contributed by atoms with Crippen LogP contribution in [-0.4, -0.2) is 15.1 Å². The third-order valence-electron chi connectivity index (χ3n) is 2.10. The molecule has 0 aromatic carbocycles. The van der Waals surface area contributed by atoms with Gasteiger partial charge in [0.05, 0.1) is 10.9 Å². The standard InChI is InChI=1S/C11H13N3OS/c1-8(11-13-9(2)14-15-11)16-7-10-5-3-4-6-12-10/h3-6,8H,7H2,1-2H3/t8-/m1/s1. The second kappa shape index (κ2) is 5.12. The van der Waals surface area contributed by atoms with Crippen molar-refractivity contribution in [3.63, 3.8) is 0 Å². The minimum Gasteiger partial charge on any atom is -0.338 e. The summed E-state index contributed by atoms with van der Waals surface area (Å²) in [6.07, 6.45) is 1.80. The molecular weight excluding hydrogens is 222 g/mol. The van der Waals surface area contributed by atoms with E-state index >= 15 is 0 Å². The highest BCUT2D eigenvalue weighted by atomic mass is 32.2. The highest BCUT2D eigenvalue weighted by molar-refractivity contribution is 7.98. The number of rotatable bonds is 4. The molecule has 0 saturated heterocycles. The number of aryl methyl sites for hydroxylation is 1. The number of hydrogen-bond acceptors (Lipinski definition) is 5. The van der Waals surface area contributed by atoms with Crippen LogP contribution in [0.3, 0.4) is 0 Å². The van der Waals surface area contributed by atoms with E-state index in [4.69, 9.17) is 4.52 Å². The Balaban J connectivity index is 1.91. The van der Waals surface area contributed by atoms with Crippen LogP contribution in [0.1, 0.15) is 29.6 Å². The minimum atomic E-state index is 0.197. The van der Waals surface area contributed by atoms with Gasteiger partial charge in [0.15, 0.2) is 5.82 Å². The lowest BCUT2D eigenvalue weighted by Gasteiger charge is -2.05. The maximum absolute atomic E-state index is 5.11. The summed E-state index contributed by atoms with van der Waals surface area (Å²) in [6, 6.07) is 5.92. The Labute approximate surface area is 98.5 Å². The predicted octanol–water partition coefficient (Wildman–Crippen LogP) is 2.77. The van der Waals surface area contributed by atoms with Gasteiger partial charge in [-0.05, 0) is 26.0 Å². The summed E-state index contributed by atoms with van der Waals surface area (Å²) < 4.78 is 5.11. The van der Waals surface area contributed by atoms with Crippen molar-refractivity contribution in [3.8, 4) is 0 Å². The number of aromatic nitrogens is 3. The summed E-state index contributed by atoms with van der Waals surface area (Å²) in [6.45, 7) is 3.88. The molecule has 0 amide bonds. The highest BCUT2D eigenvalue weighted by Crippen LogP contribution is 2.29. The zero-order chi connectivity index (χ0) is 11.4. The molecule has 0 radical (unpaired) electrons. The second-order valence-electron chi connectivity index (χ2n) is 3.45. The molecule has 0 aliphatic rings. The summed E-state index contributed by atoms with van der Waals surface area (Å²) in [4.78, 5) is 8.47. The monoisotopic (exact) mass is 235 g/mol. The van der Waals surface area contributed by atoms with Gasteiger partial charge in [-0.1, -0.05) is 11.2 Å². The fourth-order valence-electron chi connectivity index (χ4n) is 1.24. The average Bonchev–Trinajstić information content (AvgIpc) is 2.74. The van der Waals surface area contributed by atoms with E-state index in [1.54, 1.807) is 18.0 Å². The summed E-state index contributed by atoms with van der Waals surface area (Å²) in [5.74, 6) is 2.21. The maximum atomic E-state index is 5.11. The molecule has 0 aliphatic carbocycles. The van der Waals surface area contributed by atoms with Crippen LogP contribution >= 0.6 is 11.8 Å². The Hall–Kier alpha value is -1.36. The van der Waals surface area contributed by atoms with Crippen molar-refractivity contribution in [2.24, 2.45) is 0 Å². The molecule has 0 aliphatic heterocycles. The number of nitrogens with zero attached hydrogens (tertiary/aromatic N) is 3. The smallest absolute Gasteiger partial charge is 0.239 e. The Morgan fingerprint density at radius 1 is 1.44 bits per heavy atom. The van der Waals surface area contributed by atoms with E-state index < -0.39 is 0 Å². The summed E-state index contributed by atoms with van der Waals surface area (Å²) in [7, 11) is 0. The first kappa shape index (κ1) is 11.1. The van der Waals surface area contributed by atoms with E-state index in [2.05, 4.69) is 22.0 Å². The van der Waals surface area contributed by atoms with E-state index in [0.717, 1.165) is 11.4 Å². The van der Waals surface area contributed by atoms with Crippen molar-refractivity contribution in [1.82, 2.24) is 15.1 Å². The first-order chi connectivity index (χ1) is 7.75. The third kappa shape index (κ3) is 2.82. The summed E-state index contributed by atoms with van der Waals surface area (Å²) in [5, 5.41) is 3.98. The average molecular weight is 235 g/mol. The molecule has 0 N–H and O–H groups in total. The molecule has 2 aromatic rings. The molecule has 5 heteroatoms. The number of pyridine rings is 1. The molecular formula is C11H13N3OS. The van der Waals surface area contributed by atoms with Gasteiger partial charge in [0, 0.05) is 11.9 Å². The van der Waals surface area contributed by atoms with E-state index in [1.165, 1.54) is 0 Å². The Bertz CT molecular complexity index is 444. The molecule has 0 unspecified atom stereocenters. The van der Waals surface area contributed by atoms with Crippen LogP contribution in [0.2, 0.25) is 0 Å². The molecule has 0 bridgehead atoms. The van der Waals surface area contributed by atoms with Crippen LogP contribution in [0.15, 0.2) is 28.9 Å². The van der Waals surface area contributed by atoms with Gasteiger partial charge < -0.3 is 4.52 Å². The normalized spacial score (nSPS) is 12.6. The van der Waals surface area contributed by atoms with Gasteiger partial charge in [0.1, 0.15) is 0 Å². The van der Waals surface area contributed by atoms with Crippen LogP contribution in [0.4, 0.5) is 0 Å². The van der Waals surface area contributed by atoms with Gasteiger partial charge in [0.25, 0.3) is 0 Å². The van der Waals surface area contributed by atoms with E-state index in [0.29, 0.717) is 11.7 Å². The van der Waals surface area contributed by atoms with Crippen molar-refractivity contribution in [1.29, 1.82) is 0 Å². The zero-order valence-corrected chi connectivity index (χ0v) is 10.1. The van der Waals surface area contributed by atoms with Crippen molar-refractivity contribution in [2.45, 2.75) is 24.9 Å². The Morgan fingerprint density at radius 2 is 2.31 bits per heavy atom. The quantitative estimate of drug-likeness (QED) is 0.815. The fourth-order valence-corrected chi connectivity index (χ4v) is 2.07. The van der Waals surface area contributed by atoms with Gasteiger partial charge >= 0.3 is 0 Å². The Kier molecular flexibility index (Phi) is 3.56. The Morgan fingerprint density at radius 3 is 2.94 bits per heavy atom. The van der Waals surface area contributed by atoms with Gasteiger partial charge in [-0.3, -0.25) is 4.98 Å². The molecule has 0 fully saturated rings. The topological polar surface area (TPSA) is 51.8 Å². The summed E-state index contributed by atoms with van der Waals surface area (Å²) >= 11 is 1.74. The van der Waals surface area contributed by atoms with Crippen molar-refractivity contribution < 1.29 is 4.52 Å². The fraction of sp³-hybridized carbons (Fsp3) is 0.364. The molecule has 16 heavy (non-hydrogen) atoms. The van der Waals surface area contributed by atoms with Crippen molar-refractivity contribution in [3.05, 3.63) is 41.8 Å². The number of hydrogen-bond donors (Lipinski definition) is 0. The molecule has 4 nitrogen and oxygen atoms in total. The predicted molar refractivity (Wildman–Crippen MR) is 63.0 cm³/mol. The van der Waals surface area contributed by atoms with Crippen LogP contribution in [0.5, 0.6) is 0 Å². The van der Waals surface area contributed by atoms with Crippen LogP contribution < -0.4 is 0 Å². The third-order valence-corrected chi connectivity index (χ3v) is 3.26. The van der Waals surface area contributed by atoms with Crippen LogP contribution in [-0.2, 0) is 5.75 Å². The second-order valence-corrected chi connectivity index (χ2v) is 4.78. The van der Waals surface area contributed by atoms with Crippen LogP contribution in [0.25, 0.3) is 0 Å². The van der Waals surface area contributed by atoms with Gasteiger partial charge in [-0.15, -0.1) is 11.8 Å². The lowest BCUT2D eigenvalue weighted by atomic mass is 10.4. The molecule has 84 valence electrons. The highest BCUT2D eigenvalue weighted by Gasteiger charge is 2.13. The van der Waals surface area contributed by atoms with E-state index in [1.807, 2.05) is 25.1 Å². The van der Waals surface area contributed by atoms with E-state index in [9.17, 15) is 0 Å². The lowest BCUT2D eigenvalue weighted by Crippen LogP contribution is -1.91. The first-order valence-electron chi connectivity index (χ1n) is 5.07. The zero-order valence-electron chi connectivity index (χ0n) is 9.25. The molecule has 0 saturated carbocycles. The molecule has 2 heterocycles. The first-order valence-corrected chi connectivity index (χ1v) is 6.12. The minimum absolute atomic E-state index is 0.197.